The normalized spacial score (nSPS) is 15.0. The van der Waals surface area contributed by atoms with Crippen LogP contribution in [0.1, 0.15) is 36.9 Å². The maximum absolute atomic E-state index is 11.4. The number of imidazole rings is 1. The molecule has 0 spiro atoms. The molecule has 23 heavy (non-hydrogen) atoms. The van der Waals surface area contributed by atoms with Crippen molar-refractivity contribution in [1.29, 1.82) is 0 Å². The van der Waals surface area contributed by atoms with Gasteiger partial charge in [0, 0.05) is 12.4 Å². The molecule has 8 nitrogen and oxygen atoms in total. The quantitative estimate of drug-likeness (QED) is 0.276. The number of pyridine rings is 1. The Hall–Kier alpha value is -2.61. The smallest absolute Gasteiger partial charge is 0.375 e. The van der Waals surface area contributed by atoms with E-state index >= 15 is 0 Å². The van der Waals surface area contributed by atoms with Gasteiger partial charge in [0.1, 0.15) is 5.65 Å². The third-order valence-corrected chi connectivity index (χ3v) is 3.62. The van der Waals surface area contributed by atoms with Gasteiger partial charge >= 0.3 is 5.97 Å². The van der Waals surface area contributed by atoms with Gasteiger partial charge < -0.3 is 14.9 Å². The minimum atomic E-state index is -0.688. The van der Waals surface area contributed by atoms with E-state index in [-0.39, 0.29) is 19.0 Å². The Morgan fingerprint density at radius 2 is 2.26 bits per heavy atom. The van der Waals surface area contributed by atoms with Gasteiger partial charge in [-0.3, -0.25) is 0 Å². The summed E-state index contributed by atoms with van der Waals surface area (Å²) in [6.07, 6.45) is 6.51. The van der Waals surface area contributed by atoms with Crippen LogP contribution in [0.15, 0.2) is 29.6 Å². The van der Waals surface area contributed by atoms with Gasteiger partial charge in [-0.2, -0.15) is 0 Å². The highest BCUT2D eigenvalue weighted by atomic mass is 16.5. The molecular weight excluding hydrogens is 296 g/mol. The van der Waals surface area contributed by atoms with Crippen LogP contribution in [-0.4, -0.2) is 32.9 Å². The standard InChI is InChI=1S/C15H20N6O2/c1-2-23-15(22)14(16)19-21(17)9-12-8-20-7-11(10-3-4-10)5-6-13(20)18-12/h5-8,10H,2-4,9,17H2,1H3,(H2,16,19). The number of amidine groups is 1. The van der Waals surface area contributed by atoms with Gasteiger partial charge in [-0.05, 0) is 37.3 Å². The summed E-state index contributed by atoms with van der Waals surface area (Å²) < 4.78 is 6.73. The molecule has 1 aliphatic carbocycles. The molecule has 0 amide bonds. The number of hydrazine groups is 1. The van der Waals surface area contributed by atoms with Crippen molar-refractivity contribution >= 4 is 17.5 Å². The number of fused-ring (bicyclic) bond motifs is 1. The Labute approximate surface area is 133 Å². The van der Waals surface area contributed by atoms with Crippen molar-refractivity contribution in [2.24, 2.45) is 16.7 Å². The van der Waals surface area contributed by atoms with Gasteiger partial charge in [0.25, 0.3) is 0 Å². The lowest BCUT2D eigenvalue weighted by Crippen LogP contribution is -2.33. The first kappa shape index (κ1) is 15.3. The van der Waals surface area contributed by atoms with Crippen LogP contribution < -0.4 is 11.6 Å². The van der Waals surface area contributed by atoms with Crippen molar-refractivity contribution in [1.82, 2.24) is 14.5 Å². The average molecular weight is 316 g/mol. The van der Waals surface area contributed by atoms with E-state index < -0.39 is 5.97 Å². The molecule has 8 heteroatoms. The highest BCUT2D eigenvalue weighted by Crippen LogP contribution is 2.39. The summed E-state index contributed by atoms with van der Waals surface area (Å²) in [5.74, 6) is 5.47. The van der Waals surface area contributed by atoms with E-state index in [4.69, 9.17) is 16.3 Å². The van der Waals surface area contributed by atoms with Crippen molar-refractivity contribution in [3.05, 3.63) is 35.8 Å². The van der Waals surface area contributed by atoms with Crippen molar-refractivity contribution in [2.45, 2.75) is 32.2 Å². The van der Waals surface area contributed by atoms with Crippen molar-refractivity contribution in [3.8, 4) is 0 Å². The molecule has 0 radical (unpaired) electrons. The molecule has 0 bridgehead atoms. The lowest BCUT2D eigenvalue weighted by atomic mass is 10.2. The number of nitrogens with zero attached hydrogens (tertiary/aromatic N) is 4. The molecule has 1 fully saturated rings. The molecule has 122 valence electrons. The average Bonchev–Trinajstić information content (AvgIpc) is 3.27. The fraction of sp³-hybridized carbons (Fsp3) is 0.400. The lowest BCUT2D eigenvalue weighted by molar-refractivity contribution is -0.135. The number of rotatable bonds is 5. The predicted octanol–water partition coefficient (Wildman–Crippen LogP) is 0.723. The van der Waals surface area contributed by atoms with Gasteiger partial charge in [0.2, 0.25) is 5.84 Å². The summed E-state index contributed by atoms with van der Waals surface area (Å²) in [7, 11) is 0. The largest absolute Gasteiger partial charge is 0.460 e. The second kappa shape index (κ2) is 6.25. The van der Waals surface area contributed by atoms with Gasteiger partial charge in [0.05, 0.1) is 18.8 Å². The second-order valence-electron chi connectivity index (χ2n) is 5.54. The van der Waals surface area contributed by atoms with E-state index in [0.717, 1.165) is 16.5 Å². The molecule has 1 saturated carbocycles. The molecule has 0 aliphatic heterocycles. The third kappa shape index (κ3) is 3.59. The van der Waals surface area contributed by atoms with E-state index in [1.807, 2.05) is 16.7 Å². The van der Waals surface area contributed by atoms with Gasteiger partial charge in [-0.15, -0.1) is 5.10 Å². The van der Waals surface area contributed by atoms with Crippen LogP contribution in [0.2, 0.25) is 0 Å². The Balaban J connectivity index is 1.70. The first-order valence-electron chi connectivity index (χ1n) is 7.57. The van der Waals surface area contributed by atoms with Crippen molar-refractivity contribution in [3.63, 3.8) is 0 Å². The van der Waals surface area contributed by atoms with Crippen molar-refractivity contribution in [2.75, 3.05) is 6.61 Å². The molecule has 0 aromatic carbocycles. The zero-order valence-corrected chi connectivity index (χ0v) is 13.0. The number of hydrazone groups is 1. The van der Waals surface area contributed by atoms with Crippen LogP contribution in [0.25, 0.3) is 5.65 Å². The minimum Gasteiger partial charge on any atom is -0.460 e. The SMILES string of the molecule is CCOC(=O)/C(N)=N/N(N)Cc1cn2cc(C3CC3)ccc2n1. The molecule has 2 aromatic heterocycles. The molecule has 0 atom stereocenters. The molecule has 3 rings (SSSR count). The predicted molar refractivity (Wildman–Crippen MR) is 85.2 cm³/mol. The number of aromatic nitrogens is 2. The maximum atomic E-state index is 11.4. The number of carbonyl (C=O) groups is 1. The summed E-state index contributed by atoms with van der Waals surface area (Å²) >= 11 is 0. The van der Waals surface area contributed by atoms with Crippen LogP contribution in [-0.2, 0) is 16.1 Å². The fourth-order valence-corrected chi connectivity index (χ4v) is 2.38. The van der Waals surface area contributed by atoms with E-state index in [9.17, 15) is 4.79 Å². The van der Waals surface area contributed by atoms with Crippen LogP contribution in [0.5, 0.6) is 0 Å². The number of hydrogen-bond donors (Lipinski definition) is 2. The highest BCUT2D eigenvalue weighted by molar-refractivity contribution is 6.34. The fourth-order valence-electron chi connectivity index (χ4n) is 2.38. The molecule has 0 saturated heterocycles. The van der Waals surface area contributed by atoms with Crippen LogP contribution in [0.3, 0.4) is 0 Å². The summed E-state index contributed by atoms with van der Waals surface area (Å²) in [6, 6.07) is 4.11. The Morgan fingerprint density at radius 3 is 2.96 bits per heavy atom. The summed E-state index contributed by atoms with van der Waals surface area (Å²) in [4.78, 5) is 15.9. The number of nitrogens with two attached hydrogens (primary N) is 2. The topological polar surface area (TPSA) is 111 Å². The molecule has 1 aliphatic rings. The van der Waals surface area contributed by atoms with Crippen LogP contribution >= 0.6 is 0 Å². The monoisotopic (exact) mass is 316 g/mol. The van der Waals surface area contributed by atoms with Crippen LogP contribution in [0.4, 0.5) is 0 Å². The Kier molecular flexibility index (Phi) is 4.16. The zero-order valence-electron chi connectivity index (χ0n) is 13.0. The van der Waals surface area contributed by atoms with Gasteiger partial charge in [0.15, 0.2) is 0 Å². The first-order chi connectivity index (χ1) is 11.1. The summed E-state index contributed by atoms with van der Waals surface area (Å²) in [5, 5.41) is 4.88. The van der Waals surface area contributed by atoms with Crippen LogP contribution in [0, 0.1) is 0 Å². The maximum Gasteiger partial charge on any atom is 0.375 e. The van der Waals surface area contributed by atoms with E-state index in [1.54, 1.807) is 6.92 Å². The number of hydrogen-bond acceptors (Lipinski definition) is 6. The number of ether oxygens (including phenoxy) is 1. The molecule has 2 heterocycles. The second-order valence-corrected chi connectivity index (χ2v) is 5.54. The zero-order chi connectivity index (χ0) is 16.4. The molecule has 2 aromatic rings. The first-order valence-corrected chi connectivity index (χ1v) is 7.57. The molecular formula is C15H20N6O2. The number of esters is 1. The van der Waals surface area contributed by atoms with E-state index in [0.29, 0.717) is 5.92 Å². The van der Waals surface area contributed by atoms with E-state index in [1.165, 1.54) is 18.4 Å². The lowest BCUT2D eigenvalue weighted by Gasteiger charge is -2.11. The highest BCUT2D eigenvalue weighted by Gasteiger charge is 2.23. The molecule has 4 N–H and O–H groups in total. The third-order valence-electron chi connectivity index (χ3n) is 3.62. The Bertz CT molecular complexity index is 750. The Morgan fingerprint density at radius 1 is 1.48 bits per heavy atom. The van der Waals surface area contributed by atoms with Crippen molar-refractivity contribution < 1.29 is 9.53 Å². The van der Waals surface area contributed by atoms with E-state index in [2.05, 4.69) is 22.3 Å². The minimum absolute atomic E-state index is 0.232. The molecule has 0 unspecified atom stereocenters. The summed E-state index contributed by atoms with van der Waals surface area (Å²) in [5.41, 5.74) is 8.43. The summed E-state index contributed by atoms with van der Waals surface area (Å²) in [6.45, 7) is 2.16. The number of carbonyl (C=O) groups excluding carboxylic acids is 1. The van der Waals surface area contributed by atoms with Gasteiger partial charge in [-0.25, -0.2) is 20.7 Å². The van der Waals surface area contributed by atoms with Gasteiger partial charge in [-0.1, -0.05) is 6.07 Å².